The molecule has 0 saturated carbocycles. The monoisotopic (exact) mass is 294 g/mol. The Balaban J connectivity index is 2.05. The molecule has 0 aromatic carbocycles. The predicted octanol–water partition coefficient (Wildman–Crippen LogP) is 2.55. The van der Waals surface area contributed by atoms with E-state index in [1.807, 2.05) is 6.92 Å². The third-order valence-corrected chi connectivity index (χ3v) is 4.67. The minimum absolute atomic E-state index is 0.0558. The van der Waals surface area contributed by atoms with Gasteiger partial charge in [0.1, 0.15) is 0 Å². The normalized spacial score (nSPS) is 20.8. The SMILES string of the molecule is CCCN1C(=O)CC(NC(C)c2cc(C)sc2C)C1=O. The number of likely N-dealkylation sites (tertiary alicyclic amines) is 1. The molecule has 2 heterocycles. The highest BCUT2D eigenvalue weighted by molar-refractivity contribution is 7.12. The molecule has 2 amide bonds. The number of hydrogen-bond donors (Lipinski definition) is 1. The first-order chi connectivity index (χ1) is 9.43. The molecule has 1 fully saturated rings. The van der Waals surface area contributed by atoms with E-state index in [0.29, 0.717) is 6.54 Å². The molecular formula is C15H22N2O2S. The van der Waals surface area contributed by atoms with E-state index < -0.39 is 0 Å². The maximum absolute atomic E-state index is 12.2. The summed E-state index contributed by atoms with van der Waals surface area (Å²) in [6.45, 7) is 8.73. The van der Waals surface area contributed by atoms with Crippen molar-refractivity contribution in [2.75, 3.05) is 6.54 Å². The summed E-state index contributed by atoms with van der Waals surface area (Å²) < 4.78 is 0. The molecule has 2 rings (SSSR count). The average molecular weight is 294 g/mol. The molecule has 4 nitrogen and oxygen atoms in total. The van der Waals surface area contributed by atoms with Crippen LogP contribution in [-0.4, -0.2) is 29.3 Å². The van der Waals surface area contributed by atoms with Crippen LogP contribution in [0, 0.1) is 13.8 Å². The molecule has 0 spiro atoms. The van der Waals surface area contributed by atoms with Gasteiger partial charge in [0.05, 0.1) is 12.5 Å². The summed E-state index contributed by atoms with van der Waals surface area (Å²) in [6.07, 6.45) is 1.09. The number of rotatable bonds is 5. The molecule has 1 N–H and O–H groups in total. The molecule has 1 aliphatic rings. The maximum Gasteiger partial charge on any atom is 0.246 e. The Hall–Kier alpha value is -1.20. The Labute approximate surface area is 124 Å². The van der Waals surface area contributed by atoms with Crippen LogP contribution >= 0.6 is 11.3 Å². The van der Waals surface area contributed by atoms with Gasteiger partial charge in [-0.15, -0.1) is 11.3 Å². The lowest BCUT2D eigenvalue weighted by atomic mass is 10.1. The Kier molecular flexibility index (Phi) is 4.60. The van der Waals surface area contributed by atoms with Crippen molar-refractivity contribution in [3.63, 3.8) is 0 Å². The summed E-state index contributed by atoms with van der Waals surface area (Å²) in [5.41, 5.74) is 1.22. The summed E-state index contributed by atoms with van der Waals surface area (Å²) in [4.78, 5) is 28.0. The molecule has 20 heavy (non-hydrogen) atoms. The minimum atomic E-state index is -0.372. The van der Waals surface area contributed by atoms with E-state index in [4.69, 9.17) is 0 Å². The highest BCUT2D eigenvalue weighted by atomic mass is 32.1. The fraction of sp³-hybridized carbons (Fsp3) is 0.600. The predicted molar refractivity (Wildman–Crippen MR) is 80.8 cm³/mol. The van der Waals surface area contributed by atoms with Crippen LogP contribution in [0.25, 0.3) is 0 Å². The topological polar surface area (TPSA) is 49.4 Å². The first-order valence-electron chi connectivity index (χ1n) is 7.11. The second kappa shape index (κ2) is 6.06. The molecule has 0 radical (unpaired) electrons. The number of thiophene rings is 1. The van der Waals surface area contributed by atoms with Gasteiger partial charge in [-0.3, -0.25) is 19.8 Å². The lowest BCUT2D eigenvalue weighted by molar-refractivity contribution is -0.138. The number of aryl methyl sites for hydroxylation is 2. The second-order valence-corrected chi connectivity index (χ2v) is 6.86. The van der Waals surface area contributed by atoms with Crippen molar-refractivity contribution in [3.8, 4) is 0 Å². The van der Waals surface area contributed by atoms with Gasteiger partial charge < -0.3 is 0 Å². The molecule has 5 heteroatoms. The second-order valence-electron chi connectivity index (χ2n) is 5.40. The van der Waals surface area contributed by atoms with E-state index in [1.165, 1.54) is 20.2 Å². The van der Waals surface area contributed by atoms with Gasteiger partial charge in [-0.1, -0.05) is 6.92 Å². The van der Waals surface area contributed by atoms with Gasteiger partial charge in [-0.05, 0) is 38.8 Å². The molecule has 2 unspecified atom stereocenters. The lowest BCUT2D eigenvalue weighted by Crippen LogP contribution is -2.40. The summed E-state index contributed by atoms with van der Waals surface area (Å²) in [5.74, 6) is -0.131. The van der Waals surface area contributed by atoms with Crippen molar-refractivity contribution in [1.82, 2.24) is 10.2 Å². The number of carbonyl (C=O) groups excluding carboxylic acids is 2. The van der Waals surface area contributed by atoms with Crippen LogP contribution in [0.4, 0.5) is 0 Å². The van der Waals surface area contributed by atoms with E-state index in [9.17, 15) is 9.59 Å². The number of imide groups is 1. The number of carbonyl (C=O) groups is 2. The van der Waals surface area contributed by atoms with Gasteiger partial charge >= 0.3 is 0 Å². The summed E-state index contributed by atoms with van der Waals surface area (Å²) in [7, 11) is 0. The zero-order valence-corrected chi connectivity index (χ0v) is 13.3. The fourth-order valence-corrected chi connectivity index (χ4v) is 3.77. The zero-order chi connectivity index (χ0) is 14.9. The third-order valence-electron chi connectivity index (χ3n) is 3.69. The number of hydrogen-bond acceptors (Lipinski definition) is 4. The van der Waals surface area contributed by atoms with Crippen LogP contribution in [0.15, 0.2) is 6.07 Å². The summed E-state index contributed by atoms with van der Waals surface area (Å²) in [5, 5.41) is 3.31. The molecular weight excluding hydrogens is 272 g/mol. The van der Waals surface area contributed by atoms with E-state index >= 15 is 0 Å². The van der Waals surface area contributed by atoms with Crippen molar-refractivity contribution < 1.29 is 9.59 Å². The third kappa shape index (κ3) is 2.94. The van der Waals surface area contributed by atoms with Crippen molar-refractivity contribution in [3.05, 3.63) is 21.4 Å². The summed E-state index contributed by atoms with van der Waals surface area (Å²) in [6, 6.07) is 1.87. The molecule has 0 bridgehead atoms. The van der Waals surface area contributed by atoms with Gasteiger partial charge in [-0.25, -0.2) is 0 Å². The zero-order valence-electron chi connectivity index (χ0n) is 12.5. The van der Waals surface area contributed by atoms with E-state index in [2.05, 4.69) is 32.2 Å². The fourth-order valence-electron chi connectivity index (χ4n) is 2.74. The van der Waals surface area contributed by atoms with Crippen molar-refractivity contribution in [1.29, 1.82) is 0 Å². The molecule has 2 atom stereocenters. The Morgan fingerprint density at radius 3 is 2.70 bits per heavy atom. The number of nitrogens with zero attached hydrogens (tertiary/aromatic N) is 1. The van der Waals surface area contributed by atoms with Crippen LogP contribution < -0.4 is 5.32 Å². The molecule has 1 aromatic rings. The first kappa shape index (κ1) is 15.2. The van der Waals surface area contributed by atoms with Crippen molar-refractivity contribution in [2.24, 2.45) is 0 Å². The average Bonchev–Trinajstić information content (AvgIpc) is 2.84. The van der Waals surface area contributed by atoms with Gasteiger partial charge in [0.15, 0.2) is 0 Å². The number of amides is 2. The lowest BCUT2D eigenvalue weighted by Gasteiger charge is -2.19. The highest BCUT2D eigenvalue weighted by Crippen LogP contribution is 2.27. The van der Waals surface area contributed by atoms with Crippen LogP contribution in [0.1, 0.15) is 48.0 Å². The van der Waals surface area contributed by atoms with E-state index in [1.54, 1.807) is 11.3 Å². The molecule has 110 valence electrons. The molecule has 0 aliphatic carbocycles. The smallest absolute Gasteiger partial charge is 0.246 e. The highest BCUT2D eigenvalue weighted by Gasteiger charge is 2.38. The summed E-state index contributed by atoms with van der Waals surface area (Å²) >= 11 is 1.76. The van der Waals surface area contributed by atoms with Crippen LogP contribution in [0.5, 0.6) is 0 Å². The maximum atomic E-state index is 12.2. The van der Waals surface area contributed by atoms with Crippen LogP contribution in [0.2, 0.25) is 0 Å². The Morgan fingerprint density at radius 2 is 2.15 bits per heavy atom. The molecule has 1 aliphatic heterocycles. The van der Waals surface area contributed by atoms with Gasteiger partial charge in [0.2, 0.25) is 11.8 Å². The van der Waals surface area contributed by atoms with Crippen LogP contribution in [0.3, 0.4) is 0 Å². The molecule has 1 saturated heterocycles. The minimum Gasteiger partial charge on any atom is -0.299 e. The molecule has 1 aromatic heterocycles. The first-order valence-corrected chi connectivity index (χ1v) is 7.92. The van der Waals surface area contributed by atoms with Gasteiger partial charge in [0, 0.05) is 22.3 Å². The number of nitrogens with one attached hydrogen (secondary N) is 1. The largest absolute Gasteiger partial charge is 0.299 e. The van der Waals surface area contributed by atoms with E-state index in [-0.39, 0.29) is 30.3 Å². The van der Waals surface area contributed by atoms with Crippen molar-refractivity contribution in [2.45, 2.75) is 52.6 Å². The Morgan fingerprint density at radius 1 is 1.45 bits per heavy atom. The van der Waals surface area contributed by atoms with Crippen molar-refractivity contribution >= 4 is 23.2 Å². The standard InChI is InChI=1S/C15H22N2O2S/c1-5-6-17-14(18)8-13(15(17)19)16-10(3)12-7-9(2)20-11(12)4/h7,10,13,16H,5-6,8H2,1-4H3. The van der Waals surface area contributed by atoms with Crippen LogP contribution in [-0.2, 0) is 9.59 Å². The van der Waals surface area contributed by atoms with Gasteiger partial charge in [0.25, 0.3) is 0 Å². The van der Waals surface area contributed by atoms with E-state index in [0.717, 1.165) is 6.42 Å². The van der Waals surface area contributed by atoms with Gasteiger partial charge in [-0.2, -0.15) is 0 Å². The quantitative estimate of drug-likeness (QED) is 0.849. The Bertz CT molecular complexity index is 524.